The number of hydrogen-bond donors (Lipinski definition) is 0. The lowest BCUT2D eigenvalue weighted by Gasteiger charge is -2.26. The minimum Gasteiger partial charge on any atom is -0.455 e. The maximum absolute atomic E-state index is 13.6. The van der Waals surface area contributed by atoms with Crippen LogP contribution in [0.15, 0.2) is 6.07 Å². The molecule has 0 radical (unpaired) electrons. The summed E-state index contributed by atoms with van der Waals surface area (Å²) in [6.45, 7) is 3.26. The van der Waals surface area contributed by atoms with Gasteiger partial charge in [-0.05, 0) is 30.9 Å². The van der Waals surface area contributed by atoms with Crippen molar-refractivity contribution in [3.63, 3.8) is 0 Å². The molecule has 1 rings (SSSR count). The average Bonchev–Trinajstić information content (AvgIpc) is 2.58. The lowest BCUT2D eigenvalue weighted by molar-refractivity contribution is -0.147. The Labute approximate surface area is 166 Å². The summed E-state index contributed by atoms with van der Waals surface area (Å²) in [4.78, 5) is 34.0. The summed E-state index contributed by atoms with van der Waals surface area (Å²) in [7, 11) is -3.89. The number of hydrogen-bond acceptors (Lipinski definition) is 6. The van der Waals surface area contributed by atoms with Gasteiger partial charge in [-0.1, -0.05) is 12.8 Å². The standard InChI is InChI=1S/C18H22F4O6Si/c1-11(23)26-29(27-12(2)24,28-13(3)25)9-7-5-4-6-8-14-10-15(19)17(21)18(22)16(14)20/h10H,4-9H2,1-3H3. The second kappa shape index (κ2) is 10.9. The monoisotopic (exact) mass is 438 g/mol. The zero-order valence-electron chi connectivity index (χ0n) is 16.3. The smallest absolute Gasteiger partial charge is 0.455 e. The minimum atomic E-state index is -3.89. The van der Waals surface area contributed by atoms with E-state index in [0.29, 0.717) is 31.7 Å². The van der Waals surface area contributed by atoms with Crippen molar-refractivity contribution in [2.24, 2.45) is 0 Å². The number of carbonyl (C=O) groups excluding carboxylic acids is 3. The van der Waals surface area contributed by atoms with E-state index in [9.17, 15) is 31.9 Å². The molecule has 1 aromatic rings. The number of rotatable bonds is 10. The van der Waals surface area contributed by atoms with E-state index in [0.717, 1.165) is 20.8 Å². The summed E-state index contributed by atoms with van der Waals surface area (Å²) >= 11 is 0. The molecule has 0 aromatic heterocycles. The molecule has 0 aliphatic rings. The number of carbonyl (C=O) groups is 3. The number of unbranched alkanes of at least 4 members (excludes halogenated alkanes) is 3. The largest absolute Gasteiger partial charge is 0.705 e. The van der Waals surface area contributed by atoms with E-state index in [-0.39, 0.29) is 18.0 Å². The maximum atomic E-state index is 13.6. The van der Waals surface area contributed by atoms with Crippen molar-refractivity contribution in [1.82, 2.24) is 0 Å². The molecule has 0 bridgehead atoms. The molecule has 11 heteroatoms. The Balaban J connectivity index is 2.62. The molecule has 0 N–H and O–H groups in total. The molecule has 6 nitrogen and oxygen atoms in total. The topological polar surface area (TPSA) is 78.9 Å². The summed E-state index contributed by atoms with van der Waals surface area (Å²) in [6, 6.07) is 0.619. The van der Waals surface area contributed by atoms with Crippen LogP contribution in [0.2, 0.25) is 6.04 Å². The van der Waals surface area contributed by atoms with Crippen LogP contribution in [0.4, 0.5) is 17.6 Å². The highest BCUT2D eigenvalue weighted by atomic mass is 28.4. The summed E-state index contributed by atoms with van der Waals surface area (Å²) in [5, 5.41) is 0. The van der Waals surface area contributed by atoms with Crippen molar-refractivity contribution < 1.29 is 45.2 Å². The average molecular weight is 438 g/mol. The first-order valence-electron chi connectivity index (χ1n) is 8.88. The highest BCUT2D eigenvalue weighted by molar-refractivity contribution is 6.65. The first kappa shape index (κ1) is 24.6. The first-order chi connectivity index (χ1) is 13.5. The summed E-state index contributed by atoms with van der Waals surface area (Å²) in [6.07, 6.45) is 1.62. The molecule has 0 saturated carbocycles. The molecule has 0 amide bonds. The molecule has 0 atom stereocenters. The third-order valence-corrected chi connectivity index (χ3v) is 6.52. The van der Waals surface area contributed by atoms with E-state index in [1.807, 2.05) is 0 Å². The van der Waals surface area contributed by atoms with Crippen molar-refractivity contribution in [3.05, 3.63) is 34.9 Å². The van der Waals surface area contributed by atoms with Gasteiger partial charge in [0.25, 0.3) is 17.9 Å². The van der Waals surface area contributed by atoms with Crippen LogP contribution in [0, 0.1) is 23.3 Å². The van der Waals surface area contributed by atoms with Crippen molar-refractivity contribution in [1.29, 1.82) is 0 Å². The van der Waals surface area contributed by atoms with Gasteiger partial charge in [0.05, 0.1) is 6.04 Å². The predicted molar refractivity (Wildman–Crippen MR) is 94.3 cm³/mol. The molecule has 1 aromatic carbocycles. The highest BCUT2D eigenvalue weighted by Gasteiger charge is 2.51. The van der Waals surface area contributed by atoms with Crippen molar-refractivity contribution in [2.45, 2.75) is 58.9 Å². The quantitative estimate of drug-likeness (QED) is 0.181. The molecule has 162 valence electrons. The zero-order chi connectivity index (χ0) is 22.2. The lowest BCUT2D eigenvalue weighted by atomic mass is 10.1. The SMILES string of the molecule is CC(=O)O[Si](CCCCCCc1cc(F)c(F)c(F)c1F)(OC(C)=O)OC(C)=O. The Kier molecular flexibility index (Phi) is 9.28. The van der Waals surface area contributed by atoms with E-state index < -0.39 is 50.0 Å². The van der Waals surface area contributed by atoms with Crippen LogP contribution in [0.1, 0.15) is 52.0 Å². The van der Waals surface area contributed by atoms with Crippen LogP contribution in [0.5, 0.6) is 0 Å². The van der Waals surface area contributed by atoms with Crippen LogP contribution < -0.4 is 0 Å². The Hall–Kier alpha value is -2.43. The molecule has 0 aliphatic heterocycles. The molecule has 29 heavy (non-hydrogen) atoms. The lowest BCUT2D eigenvalue weighted by Crippen LogP contribution is -2.49. The second-order valence-electron chi connectivity index (χ2n) is 6.34. The Morgan fingerprint density at radius 2 is 1.24 bits per heavy atom. The second-order valence-corrected chi connectivity index (χ2v) is 8.82. The van der Waals surface area contributed by atoms with E-state index in [1.54, 1.807) is 0 Å². The first-order valence-corrected chi connectivity index (χ1v) is 10.8. The molecular weight excluding hydrogens is 416 g/mol. The minimum absolute atomic E-state index is 0.0000936. The zero-order valence-corrected chi connectivity index (χ0v) is 17.3. The van der Waals surface area contributed by atoms with Gasteiger partial charge in [-0.25, -0.2) is 17.6 Å². The van der Waals surface area contributed by atoms with E-state index in [2.05, 4.69) is 0 Å². The van der Waals surface area contributed by atoms with Crippen molar-refractivity contribution in [3.8, 4) is 0 Å². The van der Waals surface area contributed by atoms with E-state index in [1.165, 1.54) is 0 Å². The fourth-order valence-corrected chi connectivity index (χ4v) is 5.11. The fourth-order valence-electron chi connectivity index (χ4n) is 2.69. The summed E-state index contributed by atoms with van der Waals surface area (Å²) in [5.41, 5.74) is -0.273. The predicted octanol–water partition coefficient (Wildman–Crippen LogP) is 3.97. The molecule has 0 fully saturated rings. The Bertz CT molecular complexity index is 730. The maximum Gasteiger partial charge on any atom is 0.705 e. The molecule has 0 unspecified atom stereocenters. The van der Waals surface area contributed by atoms with Crippen LogP contribution in [-0.4, -0.2) is 26.7 Å². The Morgan fingerprint density at radius 1 is 0.759 bits per heavy atom. The molecule has 0 spiro atoms. The van der Waals surface area contributed by atoms with Gasteiger partial charge < -0.3 is 13.3 Å². The van der Waals surface area contributed by atoms with Gasteiger partial charge in [-0.3, -0.25) is 14.4 Å². The number of aryl methyl sites for hydroxylation is 1. The Morgan fingerprint density at radius 3 is 1.72 bits per heavy atom. The van der Waals surface area contributed by atoms with Gasteiger partial charge in [-0.15, -0.1) is 0 Å². The summed E-state index contributed by atoms with van der Waals surface area (Å²) < 4.78 is 68.1. The third kappa shape index (κ3) is 7.84. The van der Waals surface area contributed by atoms with Crippen LogP contribution in [0.25, 0.3) is 0 Å². The normalized spacial score (nSPS) is 11.1. The molecule has 0 heterocycles. The fraction of sp³-hybridized carbons (Fsp3) is 0.500. The molecular formula is C18H22F4O6Si. The number of benzene rings is 1. The molecule has 0 saturated heterocycles. The van der Waals surface area contributed by atoms with E-state index >= 15 is 0 Å². The van der Waals surface area contributed by atoms with Crippen LogP contribution >= 0.6 is 0 Å². The van der Waals surface area contributed by atoms with E-state index in [4.69, 9.17) is 13.3 Å². The third-order valence-electron chi connectivity index (χ3n) is 3.75. The van der Waals surface area contributed by atoms with Gasteiger partial charge in [0, 0.05) is 20.8 Å². The van der Waals surface area contributed by atoms with Crippen molar-refractivity contribution in [2.75, 3.05) is 0 Å². The van der Waals surface area contributed by atoms with Gasteiger partial charge in [-0.2, -0.15) is 0 Å². The van der Waals surface area contributed by atoms with Gasteiger partial charge in [0.1, 0.15) is 0 Å². The number of halogens is 4. The van der Waals surface area contributed by atoms with Gasteiger partial charge in [0.2, 0.25) is 0 Å². The highest BCUT2D eigenvalue weighted by Crippen LogP contribution is 2.23. The van der Waals surface area contributed by atoms with Crippen LogP contribution in [-0.2, 0) is 34.1 Å². The van der Waals surface area contributed by atoms with Crippen LogP contribution in [0.3, 0.4) is 0 Å². The summed E-state index contributed by atoms with van der Waals surface area (Å²) in [5.74, 6) is -8.89. The molecule has 0 aliphatic carbocycles. The van der Waals surface area contributed by atoms with Gasteiger partial charge in [0.15, 0.2) is 23.3 Å². The van der Waals surface area contributed by atoms with Crippen molar-refractivity contribution >= 4 is 26.7 Å². The van der Waals surface area contributed by atoms with Gasteiger partial charge >= 0.3 is 8.80 Å².